The van der Waals surface area contributed by atoms with E-state index in [0.717, 1.165) is 16.7 Å². The molecule has 130 valence electrons. The largest absolute Gasteiger partial charge is 0.372 e. The number of hydrogen-bond donors (Lipinski definition) is 3. The van der Waals surface area contributed by atoms with Crippen LogP contribution in [-0.4, -0.2) is 24.5 Å². The molecule has 0 aliphatic carbocycles. The van der Waals surface area contributed by atoms with E-state index < -0.39 is 6.04 Å². The quantitative estimate of drug-likeness (QED) is 0.718. The lowest BCUT2D eigenvalue weighted by Crippen LogP contribution is -2.42. The maximum Gasteiger partial charge on any atom is 0.315 e. The highest BCUT2D eigenvalue weighted by Crippen LogP contribution is 2.08. The van der Waals surface area contributed by atoms with Crippen molar-refractivity contribution in [2.45, 2.75) is 25.8 Å². The highest BCUT2D eigenvalue weighted by atomic mass is 16.5. The summed E-state index contributed by atoms with van der Waals surface area (Å²) in [4.78, 5) is 23.0. The standard InChI is InChI=1S/C19H21N3O3/c23-18(17-11-21-19(24)22-17)20-10-14-6-8-16(9-7-14)13-25-12-15-4-2-1-3-5-15/h1-9,17H,10-13H2,(H,20,23)(H2,21,22,24). The minimum absolute atomic E-state index is 0.186. The number of urea groups is 1. The molecule has 25 heavy (non-hydrogen) atoms. The molecule has 1 unspecified atom stereocenters. The molecule has 1 atom stereocenters. The van der Waals surface area contributed by atoms with Crippen molar-refractivity contribution in [2.24, 2.45) is 0 Å². The Balaban J connectivity index is 1.41. The molecule has 0 saturated carbocycles. The SMILES string of the molecule is O=C1NCC(C(=O)NCc2ccc(COCc3ccccc3)cc2)N1. The topological polar surface area (TPSA) is 79.5 Å². The Bertz CT molecular complexity index is 716. The average molecular weight is 339 g/mol. The summed E-state index contributed by atoms with van der Waals surface area (Å²) in [7, 11) is 0. The van der Waals surface area contributed by atoms with Gasteiger partial charge in [0.1, 0.15) is 6.04 Å². The van der Waals surface area contributed by atoms with E-state index in [9.17, 15) is 9.59 Å². The fourth-order valence-electron chi connectivity index (χ4n) is 2.54. The van der Waals surface area contributed by atoms with Crippen LogP contribution in [0.3, 0.4) is 0 Å². The van der Waals surface area contributed by atoms with E-state index in [1.807, 2.05) is 54.6 Å². The lowest BCUT2D eigenvalue weighted by atomic mass is 10.1. The van der Waals surface area contributed by atoms with Gasteiger partial charge < -0.3 is 20.7 Å². The van der Waals surface area contributed by atoms with Crippen LogP contribution in [0.1, 0.15) is 16.7 Å². The summed E-state index contributed by atoms with van der Waals surface area (Å²) >= 11 is 0. The molecule has 3 rings (SSSR count). The fraction of sp³-hybridized carbons (Fsp3) is 0.263. The Hall–Kier alpha value is -2.86. The second kappa shape index (κ2) is 8.30. The van der Waals surface area contributed by atoms with Crippen molar-refractivity contribution in [1.29, 1.82) is 0 Å². The average Bonchev–Trinajstić information content (AvgIpc) is 3.08. The fourth-order valence-corrected chi connectivity index (χ4v) is 2.54. The van der Waals surface area contributed by atoms with Gasteiger partial charge in [0.25, 0.3) is 0 Å². The molecule has 0 spiro atoms. The molecule has 1 aliphatic rings. The molecule has 1 heterocycles. The first-order valence-corrected chi connectivity index (χ1v) is 8.22. The number of ether oxygens (including phenoxy) is 1. The van der Waals surface area contributed by atoms with Gasteiger partial charge in [-0.2, -0.15) is 0 Å². The Morgan fingerprint density at radius 1 is 1.00 bits per heavy atom. The van der Waals surface area contributed by atoms with E-state index in [1.54, 1.807) is 0 Å². The monoisotopic (exact) mass is 339 g/mol. The molecule has 3 amide bonds. The first-order chi connectivity index (χ1) is 12.2. The van der Waals surface area contributed by atoms with Crippen LogP contribution in [-0.2, 0) is 29.3 Å². The van der Waals surface area contributed by atoms with Gasteiger partial charge in [-0.3, -0.25) is 4.79 Å². The van der Waals surface area contributed by atoms with Gasteiger partial charge in [0.15, 0.2) is 0 Å². The molecule has 0 aromatic heterocycles. The molecule has 0 bridgehead atoms. The van der Waals surface area contributed by atoms with Crippen LogP contribution in [0.15, 0.2) is 54.6 Å². The van der Waals surface area contributed by atoms with Gasteiger partial charge in [-0.25, -0.2) is 4.79 Å². The van der Waals surface area contributed by atoms with Crippen molar-refractivity contribution in [3.8, 4) is 0 Å². The van der Waals surface area contributed by atoms with Gasteiger partial charge in [-0.1, -0.05) is 54.6 Å². The summed E-state index contributed by atoms with van der Waals surface area (Å²) in [6.45, 7) is 1.87. The van der Waals surface area contributed by atoms with Crippen molar-refractivity contribution in [3.05, 3.63) is 71.3 Å². The highest BCUT2D eigenvalue weighted by Gasteiger charge is 2.26. The van der Waals surface area contributed by atoms with Crippen molar-refractivity contribution >= 4 is 11.9 Å². The molecule has 1 aliphatic heterocycles. The van der Waals surface area contributed by atoms with Crippen molar-refractivity contribution in [3.63, 3.8) is 0 Å². The van der Waals surface area contributed by atoms with Crippen LogP contribution in [0.2, 0.25) is 0 Å². The molecule has 0 radical (unpaired) electrons. The van der Waals surface area contributed by atoms with Crippen LogP contribution < -0.4 is 16.0 Å². The number of nitrogens with one attached hydrogen (secondary N) is 3. The van der Waals surface area contributed by atoms with Gasteiger partial charge in [0.05, 0.1) is 13.2 Å². The van der Waals surface area contributed by atoms with E-state index >= 15 is 0 Å². The molecule has 3 N–H and O–H groups in total. The van der Waals surface area contributed by atoms with E-state index in [4.69, 9.17) is 4.74 Å². The smallest absolute Gasteiger partial charge is 0.315 e. The van der Waals surface area contributed by atoms with Crippen LogP contribution >= 0.6 is 0 Å². The number of benzene rings is 2. The first kappa shape index (κ1) is 17.0. The second-order valence-corrected chi connectivity index (χ2v) is 5.92. The van der Waals surface area contributed by atoms with Gasteiger partial charge in [0.2, 0.25) is 5.91 Å². The lowest BCUT2D eigenvalue weighted by Gasteiger charge is -2.10. The van der Waals surface area contributed by atoms with Crippen LogP contribution in [0, 0.1) is 0 Å². The lowest BCUT2D eigenvalue weighted by molar-refractivity contribution is -0.122. The number of rotatable bonds is 7. The third kappa shape index (κ3) is 5.06. The van der Waals surface area contributed by atoms with Crippen molar-refractivity contribution in [1.82, 2.24) is 16.0 Å². The maximum absolute atomic E-state index is 11.9. The highest BCUT2D eigenvalue weighted by molar-refractivity contribution is 5.90. The minimum Gasteiger partial charge on any atom is -0.372 e. The number of hydrogen-bond acceptors (Lipinski definition) is 3. The zero-order valence-electron chi connectivity index (χ0n) is 13.8. The van der Waals surface area contributed by atoms with Gasteiger partial charge in [-0.15, -0.1) is 0 Å². The molecule has 1 fully saturated rings. The normalized spacial score (nSPS) is 16.2. The summed E-state index contributed by atoms with van der Waals surface area (Å²) in [5.74, 6) is -0.186. The number of carbonyl (C=O) groups is 2. The van der Waals surface area contributed by atoms with Gasteiger partial charge in [0, 0.05) is 13.1 Å². The van der Waals surface area contributed by atoms with Crippen LogP contribution in [0.5, 0.6) is 0 Å². The minimum atomic E-state index is -0.502. The van der Waals surface area contributed by atoms with Crippen LogP contribution in [0.4, 0.5) is 4.79 Å². The Kier molecular flexibility index (Phi) is 5.64. The van der Waals surface area contributed by atoms with Gasteiger partial charge in [-0.05, 0) is 16.7 Å². The second-order valence-electron chi connectivity index (χ2n) is 5.92. The Morgan fingerprint density at radius 3 is 2.28 bits per heavy atom. The molecule has 2 aromatic rings. The molecule has 2 aromatic carbocycles. The summed E-state index contributed by atoms with van der Waals surface area (Å²) in [5.41, 5.74) is 3.23. The Labute approximate surface area is 146 Å². The zero-order valence-corrected chi connectivity index (χ0v) is 13.8. The number of carbonyl (C=O) groups excluding carboxylic acids is 2. The van der Waals surface area contributed by atoms with E-state index in [0.29, 0.717) is 26.3 Å². The zero-order chi connectivity index (χ0) is 17.5. The number of amides is 3. The summed E-state index contributed by atoms with van der Waals surface area (Å²) in [6.07, 6.45) is 0. The summed E-state index contributed by atoms with van der Waals surface area (Å²) in [6, 6.07) is 17.2. The first-order valence-electron chi connectivity index (χ1n) is 8.22. The predicted octanol–water partition coefficient (Wildman–Crippen LogP) is 1.70. The van der Waals surface area contributed by atoms with Crippen molar-refractivity contribution < 1.29 is 14.3 Å². The van der Waals surface area contributed by atoms with Crippen molar-refractivity contribution in [2.75, 3.05) is 6.54 Å². The van der Waals surface area contributed by atoms with E-state index in [1.165, 1.54) is 0 Å². The summed E-state index contributed by atoms with van der Waals surface area (Å²) in [5, 5.41) is 7.94. The third-order valence-corrected chi connectivity index (χ3v) is 3.96. The maximum atomic E-state index is 11.9. The molecular formula is C19H21N3O3. The molecule has 6 nitrogen and oxygen atoms in total. The third-order valence-electron chi connectivity index (χ3n) is 3.96. The predicted molar refractivity (Wildman–Crippen MR) is 93.5 cm³/mol. The molecule has 1 saturated heterocycles. The van der Waals surface area contributed by atoms with Crippen LogP contribution in [0.25, 0.3) is 0 Å². The van der Waals surface area contributed by atoms with E-state index in [-0.39, 0.29) is 11.9 Å². The Morgan fingerprint density at radius 2 is 1.64 bits per heavy atom. The van der Waals surface area contributed by atoms with E-state index in [2.05, 4.69) is 16.0 Å². The van der Waals surface area contributed by atoms with Gasteiger partial charge >= 0.3 is 6.03 Å². The summed E-state index contributed by atoms with van der Waals surface area (Å²) < 4.78 is 5.70. The molecule has 6 heteroatoms. The molecular weight excluding hydrogens is 318 g/mol.